The smallest absolute Gasteiger partial charge is 0.138 e. The first-order chi connectivity index (χ1) is 12.1. The van der Waals surface area contributed by atoms with E-state index in [0.717, 1.165) is 35.6 Å². The zero-order chi connectivity index (χ0) is 17.8. The molecule has 0 atom stereocenters. The molecule has 3 rings (SSSR count). The molecular weight excluding hydrogens is 330 g/mol. The Morgan fingerprint density at radius 2 is 2.00 bits per heavy atom. The average molecular weight is 356 g/mol. The Morgan fingerprint density at radius 3 is 2.76 bits per heavy atom. The molecule has 0 bridgehead atoms. The second-order valence-corrected chi connectivity index (χ2v) is 7.43. The number of anilines is 1. The van der Waals surface area contributed by atoms with E-state index in [2.05, 4.69) is 66.6 Å². The molecule has 0 unspecified atom stereocenters. The predicted molar refractivity (Wildman–Crippen MR) is 107 cm³/mol. The van der Waals surface area contributed by atoms with Crippen LogP contribution in [0.3, 0.4) is 0 Å². The first-order valence-electron chi connectivity index (χ1n) is 8.71. The lowest BCUT2D eigenvalue weighted by molar-refractivity contribution is 0.0787. The molecule has 5 heteroatoms. The number of hydrogen-bond donors (Lipinski definition) is 1. The van der Waals surface area contributed by atoms with Crippen molar-refractivity contribution in [2.24, 2.45) is 0 Å². The van der Waals surface area contributed by atoms with Gasteiger partial charge >= 0.3 is 0 Å². The first-order valence-corrected chi connectivity index (χ1v) is 9.59. The molecule has 0 aliphatic heterocycles. The summed E-state index contributed by atoms with van der Waals surface area (Å²) in [7, 11) is 0. The highest BCUT2D eigenvalue weighted by molar-refractivity contribution is 7.17. The molecule has 1 aromatic carbocycles. The van der Waals surface area contributed by atoms with Gasteiger partial charge in [-0.25, -0.2) is 9.97 Å². The third-order valence-electron chi connectivity index (χ3n) is 4.11. The second-order valence-electron chi connectivity index (χ2n) is 6.57. The normalized spacial score (nSPS) is 11.4. The van der Waals surface area contributed by atoms with Crippen molar-refractivity contribution < 1.29 is 4.74 Å². The van der Waals surface area contributed by atoms with Crippen LogP contribution in [0.2, 0.25) is 0 Å². The van der Waals surface area contributed by atoms with Gasteiger partial charge in [0.2, 0.25) is 0 Å². The van der Waals surface area contributed by atoms with E-state index in [0.29, 0.717) is 0 Å². The number of aromatic nitrogens is 2. The quantitative estimate of drug-likeness (QED) is 0.592. The molecule has 1 N–H and O–H groups in total. The van der Waals surface area contributed by atoms with Crippen LogP contribution in [-0.2, 0) is 4.74 Å². The SMILES string of the molecule is Cc1ccc(-c2csc3ncnc(NCCCOC(C)C)c23)c(C)c1. The fourth-order valence-electron chi connectivity index (χ4n) is 2.92. The minimum Gasteiger partial charge on any atom is -0.379 e. The van der Waals surface area contributed by atoms with Crippen LogP contribution in [0.4, 0.5) is 5.82 Å². The summed E-state index contributed by atoms with van der Waals surface area (Å²) in [5.74, 6) is 0.908. The molecule has 4 nitrogen and oxygen atoms in total. The van der Waals surface area contributed by atoms with E-state index >= 15 is 0 Å². The Kier molecular flexibility index (Phi) is 5.66. The summed E-state index contributed by atoms with van der Waals surface area (Å²) >= 11 is 1.67. The summed E-state index contributed by atoms with van der Waals surface area (Å²) in [6, 6.07) is 6.57. The van der Waals surface area contributed by atoms with Gasteiger partial charge in [-0.05, 0) is 45.2 Å². The van der Waals surface area contributed by atoms with Crippen LogP contribution < -0.4 is 5.32 Å². The molecular formula is C20H25N3OS. The highest BCUT2D eigenvalue weighted by Gasteiger charge is 2.14. The fourth-order valence-corrected chi connectivity index (χ4v) is 3.83. The molecule has 0 aliphatic rings. The van der Waals surface area contributed by atoms with E-state index in [-0.39, 0.29) is 6.10 Å². The lowest BCUT2D eigenvalue weighted by Crippen LogP contribution is -2.10. The van der Waals surface area contributed by atoms with Crippen molar-refractivity contribution in [1.29, 1.82) is 0 Å². The van der Waals surface area contributed by atoms with Gasteiger partial charge in [-0.3, -0.25) is 0 Å². The highest BCUT2D eigenvalue weighted by Crippen LogP contribution is 2.37. The molecule has 0 saturated carbocycles. The molecule has 25 heavy (non-hydrogen) atoms. The van der Waals surface area contributed by atoms with Crippen molar-refractivity contribution >= 4 is 27.4 Å². The summed E-state index contributed by atoms with van der Waals surface area (Å²) in [5.41, 5.74) is 5.01. The van der Waals surface area contributed by atoms with E-state index in [1.807, 2.05) is 0 Å². The third kappa shape index (κ3) is 4.17. The number of nitrogens with zero attached hydrogens (tertiary/aromatic N) is 2. The van der Waals surface area contributed by atoms with Gasteiger partial charge in [0, 0.05) is 24.1 Å². The molecule has 0 saturated heterocycles. The number of nitrogens with one attached hydrogen (secondary N) is 1. The van der Waals surface area contributed by atoms with Crippen LogP contribution in [0.25, 0.3) is 21.3 Å². The van der Waals surface area contributed by atoms with Crippen LogP contribution in [0, 0.1) is 13.8 Å². The number of hydrogen-bond acceptors (Lipinski definition) is 5. The lowest BCUT2D eigenvalue weighted by Gasteiger charge is -2.11. The van der Waals surface area contributed by atoms with E-state index in [9.17, 15) is 0 Å². The van der Waals surface area contributed by atoms with Crippen LogP contribution in [0.5, 0.6) is 0 Å². The summed E-state index contributed by atoms with van der Waals surface area (Å²) in [6.45, 7) is 9.99. The van der Waals surface area contributed by atoms with Crippen molar-refractivity contribution in [2.45, 2.75) is 40.2 Å². The maximum atomic E-state index is 5.60. The molecule has 2 aromatic heterocycles. The van der Waals surface area contributed by atoms with Crippen LogP contribution >= 0.6 is 11.3 Å². The number of rotatable bonds is 7. The van der Waals surface area contributed by atoms with Gasteiger partial charge < -0.3 is 10.1 Å². The number of benzene rings is 1. The van der Waals surface area contributed by atoms with Crippen molar-refractivity contribution in [1.82, 2.24) is 9.97 Å². The number of fused-ring (bicyclic) bond motifs is 1. The van der Waals surface area contributed by atoms with Crippen molar-refractivity contribution in [3.63, 3.8) is 0 Å². The zero-order valence-corrected chi connectivity index (χ0v) is 16.1. The average Bonchev–Trinajstić information content (AvgIpc) is 2.99. The lowest BCUT2D eigenvalue weighted by atomic mass is 9.99. The monoisotopic (exact) mass is 355 g/mol. The maximum Gasteiger partial charge on any atom is 0.138 e. The van der Waals surface area contributed by atoms with Gasteiger partial charge in [-0.15, -0.1) is 11.3 Å². The van der Waals surface area contributed by atoms with E-state index in [4.69, 9.17) is 4.74 Å². The Morgan fingerprint density at radius 1 is 1.16 bits per heavy atom. The minimum absolute atomic E-state index is 0.277. The van der Waals surface area contributed by atoms with Crippen molar-refractivity contribution in [2.75, 3.05) is 18.5 Å². The molecule has 0 fully saturated rings. The van der Waals surface area contributed by atoms with Gasteiger partial charge in [-0.1, -0.05) is 23.8 Å². The molecule has 0 amide bonds. The standard InChI is InChI=1S/C20H25N3OS/c1-13(2)24-9-5-8-21-19-18-17(11-25-20(18)23-12-22-19)16-7-6-14(3)10-15(16)4/h6-7,10-13H,5,8-9H2,1-4H3,(H,21,22,23). The number of thiophene rings is 1. The van der Waals surface area contributed by atoms with Gasteiger partial charge in [0.05, 0.1) is 11.5 Å². The van der Waals surface area contributed by atoms with Gasteiger partial charge in [-0.2, -0.15) is 0 Å². The van der Waals surface area contributed by atoms with Crippen LogP contribution in [0.15, 0.2) is 29.9 Å². The Labute approximate surface area is 153 Å². The highest BCUT2D eigenvalue weighted by atomic mass is 32.1. The molecule has 0 spiro atoms. The zero-order valence-electron chi connectivity index (χ0n) is 15.3. The van der Waals surface area contributed by atoms with Gasteiger partial charge in [0.25, 0.3) is 0 Å². The second kappa shape index (κ2) is 7.93. The number of aryl methyl sites for hydroxylation is 2. The van der Waals surface area contributed by atoms with E-state index < -0.39 is 0 Å². The Hall–Kier alpha value is -1.98. The summed E-state index contributed by atoms with van der Waals surface area (Å²) in [6.07, 6.45) is 2.86. The Balaban J connectivity index is 1.86. The van der Waals surface area contributed by atoms with Gasteiger partial charge in [0.15, 0.2) is 0 Å². The first kappa shape index (κ1) is 17.8. The van der Waals surface area contributed by atoms with Crippen LogP contribution in [-0.4, -0.2) is 29.2 Å². The fraction of sp³-hybridized carbons (Fsp3) is 0.400. The van der Waals surface area contributed by atoms with E-state index in [1.165, 1.54) is 22.3 Å². The summed E-state index contributed by atoms with van der Waals surface area (Å²) in [4.78, 5) is 9.95. The Bertz CT molecular complexity index is 857. The van der Waals surface area contributed by atoms with E-state index in [1.54, 1.807) is 17.7 Å². The molecule has 132 valence electrons. The number of ether oxygens (including phenoxy) is 1. The molecule has 0 aliphatic carbocycles. The summed E-state index contributed by atoms with van der Waals surface area (Å²) in [5, 5.41) is 6.76. The van der Waals surface area contributed by atoms with Crippen molar-refractivity contribution in [3.05, 3.63) is 41.0 Å². The minimum atomic E-state index is 0.277. The summed E-state index contributed by atoms with van der Waals surface area (Å²) < 4.78 is 5.60. The maximum absolute atomic E-state index is 5.60. The molecule has 0 radical (unpaired) electrons. The van der Waals surface area contributed by atoms with Crippen molar-refractivity contribution in [3.8, 4) is 11.1 Å². The molecule has 3 aromatic rings. The topological polar surface area (TPSA) is 47.0 Å². The third-order valence-corrected chi connectivity index (χ3v) is 4.99. The largest absolute Gasteiger partial charge is 0.379 e. The molecule has 2 heterocycles. The van der Waals surface area contributed by atoms with Gasteiger partial charge in [0.1, 0.15) is 17.0 Å². The van der Waals surface area contributed by atoms with Crippen LogP contribution in [0.1, 0.15) is 31.4 Å². The predicted octanol–water partition coefficient (Wildman–Crippen LogP) is 5.20.